The molecule has 2 atom stereocenters. The van der Waals surface area contributed by atoms with Crippen molar-refractivity contribution in [1.82, 2.24) is 10.2 Å². The molecule has 0 saturated carbocycles. The summed E-state index contributed by atoms with van der Waals surface area (Å²) in [6.45, 7) is 0.773. The van der Waals surface area contributed by atoms with E-state index in [1.807, 2.05) is 12.1 Å². The van der Waals surface area contributed by atoms with Crippen LogP contribution in [0.4, 0.5) is 23.7 Å². The van der Waals surface area contributed by atoms with Crippen LogP contribution in [0.2, 0.25) is 0 Å². The van der Waals surface area contributed by atoms with Gasteiger partial charge in [0.1, 0.15) is 17.5 Å². The number of amides is 2. The molecule has 148 valence electrons. The first kappa shape index (κ1) is 18.8. The highest BCUT2D eigenvalue weighted by molar-refractivity contribution is 5.89. The molecule has 4 rings (SSSR count). The van der Waals surface area contributed by atoms with Crippen molar-refractivity contribution >= 4 is 11.7 Å². The van der Waals surface area contributed by atoms with Gasteiger partial charge in [-0.2, -0.15) is 0 Å². The molecule has 7 heteroatoms. The average Bonchev–Trinajstić information content (AvgIpc) is 2.88. The molecule has 2 heterocycles. The Kier molecular flexibility index (Phi) is 5.26. The van der Waals surface area contributed by atoms with Gasteiger partial charge >= 0.3 is 6.03 Å². The fraction of sp³-hybridized carbons (Fsp3) is 0.381. The maximum Gasteiger partial charge on any atom is 0.319 e. The number of piperidine rings is 1. The van der Waals surface area contributed by atoms with Gasteiger partial charge in [-0.3, -0.25) is 4.90 Å². The predicted molar refractivity (Wildman–Crippen MR) is 100 cm³/mol. The third-order valence-corrected chi connectivity index (χ3v) is 5.68. The number of halogens is 3. The lowest BCUT2D eigenvalue weighted by molar-refractivity contribution is 0.112. The van der Waals surface area contributed by atoms with E-state index >= 15 is 0 Å². The van der Waals surface area contributed by atoms with Crippen molar-refractivity contribution in [2.24, 2.45) is 0 Å². The summed E-state index contributed by atoms with van der Waals surface area (Å²) in [6.07, 6.45) is 3.77. The molecular weight excluding hydrogens is 367 g/mol. The van der Waals surface area contributed by atoms with Crippen molar-refractivity contribution in [3.8, 4) is 0 Å². The maximum atomic E-state index is 13.7. The Morgan fingerprint density at radius 1 is 0.964 bits per heavy atom. The summed E-state index contributed by atoms with van der Waals surface area (Å²) in [5.41, 5.74) is 1.03. The molecule has 0 aliphatic carbocycles. The zero-order chi connectivity index (χ0) is 19.7. The van der Waals surface area contributed by atoms with Crippen molar-refractivity contribution < 1.29 is 18.0 Å². The van der Waals surface area contributed by atoms with Gasteiger partial charge in [0.15, 0.2) is 0 Å². The molecule has 2 N–H and O–H groups in total. The molecule has 2 aliphatic rings. The molecule has 0 spiro atoms. The fourth-order valence-corrected chi connectivity index (χ4v) is 4.39. The van der Waals surface area contributed by atoms with Gasteiger partial charge in [0.2, 0.25) is 0 Å². The number of anilines is 1. The van der Waals surface area contributed by atoms with Gasteiger partial charge in [-0.25, -0.2) is 18.0 Å². The van der Waals surface area contributed by atoms with Gasteiger partial charge in [-0.1, -0.05) is 12.1 Å². The van der Waals surface area contributed by atoms with E-state index in [0.29, 0.717) is 12.1 Å². The van der Waals surface area contributed by atoms with Crippen LogP contribution in [0.25, 0.3) is 0 Å². The number of hydrogen-bond acceptors (Lipinski definition) is 2. The molecule has 0 radical (unpaired) electrons. The van der Waals surface area contributed by atoms with E-state index in [1.165, 1.54) is 18.2 Å². The molecule has 2 amide bonds. The monoisotopic (exact) mass is 389 g/mol. The first-order chi connectivity index (χ1) is 13.5. The summed E-state index contributed by atoms with van der Waals surface area (Å²) >= 11 is 0. The van der Waals surface area contributed by atoms with Crippen molar-refractivity contribution in [2.45, 2.75) is 50.4 Å². The van der Waals surface area contributed by atoms with Crippen LogP contribution in [-0.2, 0) is 6.54 Å². The van der Waals surface area contributed by atoms with Crippen LogP contribution in [0, 0.1) is 17.5 Å². The standard InChI is InChI=1S/C21H22F3N3O/c22-14-3-1-13(2-4-14)12-27-17-6-7-18(27)11-16(10-17)25-21(28)26-20-8-5-15(23)9-19(20)24/h1-5,8-9,16-18H,6-7,10-12H2,(H2,25,26,28). The minimum Gasteiger partial charge on any atom is -0.335 e. The van der Waals surface area contributed by atoms with E-state index in [-0.39, 0.29) is 17.5 Å². The molecule has 2 fully saturated rings. The Morgan fingerprint density at radius 3 is 2.25 bits per heavy atom. The Hall–Kier alpha value is -2.54. The summed E-state index contributed by atoms with van der Waals surface area (Å²) in [5.74, 6) is -1.73. The largest absolute Gasteiger partial charge is 0.335 e. The number of urea groups is 1. The molecular formula is C21H22F3N3O. The number of carbonyl (C=O) groups excluding carboxylic acids is 1. The van der Waals surface area contributed by atoms with Gasteiger partial charge in [0.25, 0.3) is 0 Å². The first-order valence-electron chi connectivity index (χ1n) is 9.50. The van der Waals surface area contributed by atoms with Crippen LogP contribution in [-0.4, -0.2) is 29.1 Å². The van der Waals surface area contributed by atoms with Gasteiger partial charge in [-0.05, 0) is 55.5 Å². The number of benzene rings is 2. The Morgan fingerprint density at radius 2 is 1.61 bits per heavy atom. The normalized spacial score (nSPS) is 24.2. The molecule has 2 aliphatic heterocycles. The van der Waals surface area contributed by atoms with Crippen LogP contribution in [0.15, 0.2) is 42.5 Å². The highest BCUT2D eigenvalue weighted by Gasteiger charge is 2.40. The number of hydrogen-bond donors (Lipinski definition) is 2. The van der Waals surface area contributed by atoms with Gasteiger partial charge in [0, 0.05) is 30.7 Å². The number of nitrogens with one attached hydrogen (secondary N) is 2. The SMILES string of the molecule is O=C(Nc1ccc(F)cc1F)NC1CC2CCC(C1)N2Cc1ccc(F)cc1. The molecule has 2 aromatic rings. The lowest BCUT2D eigenvalue weighted by atomic mass is 9.96. The maximum absolute atomic E-state index is 13.7. The number of nitrogens with zero attached hydrogens (tertiary/aromatic N) is 1. The lowest BCUT2D eigenvalue weighted by Gasteiger charge is -2.39. The van der Waals surface area contributed by atoms with Crippen LogP contribution < -0.4 is 10.6 Å². The third-order valence-electron chi connectivity index (χ3n) is 5.68. The van der Waals surface area contributed by atoms with Crippen molar-refractivity contribution in [1.29, 1.82) is 0 Å². The molecule has 2 unspecified atom stereocenters. The highest BCUT2D eigenvalue weighted by Crippen LogP contribution is 2.37. The first-order valence-corrected chi connectivity index (χ1v) is 9.50. The third kappa shape index (κ3) is 4.14. The zero-order valence-corrected chi connectivity index (χ0v) is 15.3. The summed E-state index contributed by atoms with van der Waals surface area (Å²) in [4.78, 5) is 14.7. The predicted octanol–water partition coefficient (Wildman–Crippen LogP) is 4.42. The average molecular weight is 389 g/mol. The van der Waals surface area contributed by atoms with Crippen LogP contribution in [0.5, 0.6) is 0 Å². The van der Waals surface area contributed by atoms with Gasteiger partial charge < -0.3 is 10.6 Å². The van der Waals surface area contributed by atoms with Crippen LogP contribution >= 0.6 is 0 Å². The van der Waals surface area contributed by atoms with E-state index in [1.54, 1.807) is 0 Å². The number of carbonyl (C=O) groups is 1. The Labute approximate surface area is 161 Å². The molecule has 0 aromatic heterocycles. The second kappa shape index (κ2) is 7.83. The van der Waals surface area contributed by atoms with Crippen LogP contribution in [0.3, 0.4) is 0 Å². The second-order valence-electron chi connectivity index (χ2n) is 7.57. The van der Waals surface area contributed by atoms with E-state index in [0.717, 1.165) is 49.9 Å². The minimum atomic E-state index is -0.802. The lowest BCUT2D eigenvalue weighted by Crippen LogP contribution is -2.50. The van der Waals surface area contributed by atoms with E-state index < -0.39 is 17.7 Å². The van der Waals surface area contributed by atoms with Gasteiger partial charge in [-0.15, -0.1) is 0 Å². The minimum absolute atomic E-state index is 0.00507. The quantitative estimate of drug-likeness (QED) is 0.813. The highest BCUT2D eigenvalue weighted by atomic mass is 19.1. The topological polar surface area (TPSA) is 44.4 Å². The van der Waals surface area contributed by atoms with E-state index in [4.69, 9.17) is 0 Å². The van der Waals surface area contributed by atoms with Gasteiger partial charge in [0.05, 0.1) is 5.69 Å². The molecule has 4 nitrogen and oxygen atoms in total. The van der Waals surface area contributed by atoms with Crippen molar-refractivity contribution in [2.75, 3.05) is 5.32 Å². The van der Waals surface area contributed by atoms with E-state index in [9.17, 15) is 18.0 Å². The number of rotatable bonds is 4. The molecule has 2 bridgehead atoms. The van der Waals surface area contributed by atoms with E-state index in [2.05, 4.69) is 15.5 Å². The molecule has 28 heavy (non-hydrogen) atoms. The fourth-order valence-electron chi connectivity index (χ4n) is 4.39. The summed E-state index contributed by atoms with van der Waals surface area (Å²) in [7, 11) is 0. The summed E-state index contributed by atoms with van der Waals surface area (Å²) in [5, 5.41) is 5.37. The molecule has 2 aromatic carbocycles. The second-order valence-corrected chi connectivity index (χ2v) is 7.57. The Bertz CT molecular complexity index is 844. The number of fused-ring (bicyclic) bond motifs is 2. The Balaban J connectivity index is 1.33. The summed E-state index contributed by atoms with van der Waals surface area (Å²) in [6, 6.07) is 9.86. The zero-order valence-electron chi connectivity index (χ0n) is 15.3. The van der Waals surface area contributed by atoms with Crippen LogP contribution in [0.1, 0.15) is 31.2 Å². The summed E-state index contributed by atoms with van der Waals surface area (Å²) < 4.78 is 39.8. The van der Waals surface area contributed by atoms with Crippen molar-refractivity contribution in [3.05, 3.63) is 65.5 Å². The molecule has 2 saturated heterocycles. The smallest absolute Gasteiger partial charge is 0.319 e. The van der Waals surface area contributed by atoms with Crippen molar-refractivity contribution in [3.63, 3.8) is 0 Å².